The number of benzene rings is 1. The summed E-state index contributed by atoms with van der Waals surface area (Å²) in [5.41, 5.74) is 2.13. The Kier molecular flexibility index (Phi) is 10.9. The van der Waals surface area contributed by atoms with Gasteiger partial charge < -0.3 is 20.1 Å². The Labute approximate surface area is 188 Å². The molecule has 0 aliphatic rings. The van der Waals surface area contributed by atoms with Crippen molar-refractivity contribution >= 4 is 41.3 Å². The third kappa shape index (κ3) is 6.97. The summed E-state index contributed by atoms with van der Waals surface area (Å²) in [6.45, 7) is 7.29. The van der Waals surface area contributed by atoms with Crippen LogP contribution in [0.15, 0.2) is 36.0 Å². The number of allylic oxidation sites excluding steroid dienone is 1. The van der Waals surface area contributed by atoms with Gasteiger partial charge in [0.05, 0.1) is 19.2 Å². The number of aryl methyl sites for hydroxylation is 1. The predicted octanol–water partition coefficient (Wildman–Crippen LogP) is 3.72. The number of hydrogen-bond acceptors (Lipinski definition) is 5. The van der Waals surface area contributed by atoms with E-state index in [4.69, 9.17) is 9.47 Å². The summed E-state index contributed by atoms with van der Waals surface area (Å²) in [4.78, 5) is 9.89. The Balaban J connectivity index is 0.00000392. The lowest BCUT2D eigenvalue weighted by Gasteiger charge is -2.16. The SMILES string of the molecule is C=CCc1cc(CNC(=NC)NCCc2ncc(C)s2)cc(OC)c1OC.I. The number of methoxy groups -OCH3 is 2. The molecule has 0 aliphatic carbocycles. The van der Waals surface area contributed by atoms with E-state index < -0.39 is 0 Å². The van der Waals surface area contributed by atoms with Gasteiger partial charge in [0.25, 0.3) is 0 Å². The number of hydrogen-bond donors (Lipinski definition) is 2. The van der Waals surface area contributed by atoms with Gasteiger partial charge in [-0.2, -0.15) is 0 Å². The Hall–Kier alpha value is -1.81. The first-order valence-electron chi connectivity index (χ1n) is 8.81. The molecule has 2 aromatic rings. The van der Waals surface area contributed by atoms with Crippen LogP contribution in [0.5, 0.6) is 11.5 Å². The molecule has 0 radical (unpaired) electrons. The minimum absolute atomic E-state index is 0. The first-order valence-corrected chi connectivity index (χ1v) is 9.63. The van der Waals surface area contributed by atoms with Crippen LogP contribution < -0.4 is 20.1 Å². The lowest BCUT2D eigenvalue weighted by molar-refractivity contribution is 0.352. The largest absolute Gasteiger partial charge is 0.493 e. The van der Waals surface area contributed by atoms with E-state index >= 15 is 0 Å². The predicted molar refractivity (Wildman–Crippen MR) is 128 cm³/mol. The van der Waals surface area contributed by atoms with E-state index in [9.17, 15) is 0 Å². The van der Waals surface area contributed by atoms with Crippen LogP contribution in [0, 0.1) is 6.92 Å². The molecule has 6 nitrogen and oxygen atoms in total. The summed E-state index contributed by atoms with van der Waals surface area (Å²) in [6, 6.07) is 4.08. The third-order valence-electron chi connectivity index (χ3n) is 3.96. The minimum atomic E-state index is 0. The number of aromatic nitrogens is 1. The molecular weight excluding hydrogens is 487 g/mol. The zero-order valence-electron chi connectivity index (χ0n) is 16.9. The number of guanidine groups is 1. The summed E-state index contributed by atoms with van der Waals surface area (Å²) >= 11 is 1.73. The summed E-state index contributed by atoms with van der Waals surface area (Å²) in [7, 11) is 5.06. The second-order valence-corrected chi connectivity index (χ2v) is 7.27. The Morgan fingerprint density at radius 1 is 1.29 bits per heavy atom. The minimum Gasteiger partial charge on any atom is -0.493 e. The summed E-state index contributed by atoms with van der Waals surface area (Å²) in [6.07, 6.45) is 5.35. The Morgan fingerprint density at radius 3 is 2.64 bits per heavy atom. The van der Waals surface area contributed by atoms with E-state index in [0.29, 0.717) is 13.0 Å². The zero-order valence-corrected chi connectivity index (χ0v) is 20.0. The number of nitrogens with zero attached hydrogens (tertiary/aromatic N) is 2. The van der Waals surface area contributed by atoms with Crippen molar-refractivity contribution in [3.05, 3.63) is 52.0 Å². The van der Waals surface area contributed by atoms with Crippen molar-refractivity contribution in [1.82, 2.24) is 15.6 Å². The molecule has 28 heavy (non-hydrogen) atoms. The molecule has 0 bridgehead atoms. The first-order chi connectivity index (χ1) is 13.1. The van der Waals surface area contributed by atoms with Crippen LogP contribution in [-0.2, 0) is 19.4 Å². The molecule has 8 heteroatoms. The van der Waals surface area contributed by atoms with Crippen LogP contribution in [0.4, 0.5) is 0 Å². The Bertz CT molecular complexity index is 793. The fraction of sp³-hybridized carbons (Fsp3) is 0.400. The second-order valence-electron chi connectivity index (χ2n) is 5.95. The smallest absolute Gasteiger partial charge is 0.191 e. The van der Waals surface area contributed by atoms with Gasteiger partial charge in [-0.3, -0.25) is 4.99 Å². The highest BCUT2D eigenvalue weighted by atomic mass is 127. The van der Waals surface area contributed by atoms with Crippen LogP contribution >= 0.6 is 35.3 Å². The fourth-order valence-electron chi connectivity index (χ4n) is 2.73. The molecule has 0 amide bonds. The van der Waals surface area contributed by atoms with E-state index in [1.54, 1.807) is 32.6 Å². The number of nitrogens with one attached hydrogen (secondary N) is 2. The van der Waals surface area contributed by atoms with E-state index in [0.717, 1.165) is 46.6 Å². The highest BCUT2D eigenvalue weighted by Gasteiger charge is 2.12. The van der Waals surface area contributed by atoms with Crippen LogP contribution in [0.25, 0.3) is 0 Å². The van der Waals surface area contributed by atoms with Gasteiger partial charge in [0.15, 0.2) is 17.5 Å². The molecule has 154 valence electrons. The van der Waals surface area contributed by atoms with Crippen LogP contribution in [0.2, 0.25) is 0 Å². The maximum absolute atomic E-state index is 5.48. The summed E-state index contributed by atoms with van der Waals surface area (Å²) in [5.74, 6) is 2.22. The quantitative estimate of drug-likeness (QED) is 0.230. The molecule has 0 saturated heterocycles. The third-order valence-corrected chi connectivity index (χ3v) is 4.94. The van der Waals surface area contributed by atoms with Gasteiger partial charge in [0.2, 0.25) is 0 Å². The van der Waals surface area contributed by atoms with Crippen molar-refractivity contribution in [2.45, 2.75) is 26.3 Å². The molecule has 0 fully saturated rings. The van der Waals surface area contributed by atoms with E-state index in [1.165, 1.54) is 4.88 Å². The van der Waals surface area contributed by atoms with Gasteiger partial charge >= 0.3 is 0 Å². The van der Waals surface area contributed by atoms with Crippen molar-refractivity contribution in [2.24, 2.45) is 4.99 Å². The maximum Gasteiger partial charge on any atom is 0.191 e. The zero-order chi connectivity index (χ0) is 19.6. The lowest BCUT2D eigenvalue weighted by Crippen LogP contribution is -2.37. The van der Waals surface area contributed by atoms with E-state index in [1.807, 2.05) is 18.3 Å². The van der Waals surface area contributed by atoms with Gasteiger partial charge in [-0.05, 0) is 31.0 Å². The molecule has 2 N–H and O–H groups in total. The molecule has 2 rings (SSSR count). The maximum atomic E-state index is 5.48. The molecular formula is C20H29IN4O2S. The van der Waals surface area contributed by atoms with Gasteiger partial charge in [-0.25, -0.2) is 4.98 Å². The number of ether oxygens (including phenoxy) is 2. The molecule has 0 spiro atoms. The van der Waals surface area contributed by atoms with Gasteiger partial charge in [-0.15, -0.1) is 41.9 Å². The number of thiazole rings is 1. The van der Waals surface area contributed by atoms with E-state index in [2.05, 4.69) is 40.2 Å². The highest BCUT2D eigenvalue weighted by molar-refractivity contribution is 14.0. The number of rotatable bonds is 9. The van der Waals surface area contributed by atoms with Crippen LogP contribution in [0.3, 0.4) is 0 Å². The lowest BCUT2D eigenvalue weighted by atomic mass is 10.1. The molecule has 0 saturated carbocycles. The van der Waals surface area contributed by atoms with Crippen LogP contribution in [-0.4, -0.2) is 38.8 Å². The van der Waals surface area contributed by atoms with Crippen molar-refractivity contribution in [3.63, 3.8) is 0 Å². The molecule has 0 atom stereocenters. The van der Waals surface area contributed by atoms with Crippen molar-refractivity contribution in [3.8, 4) is 11.5 Å². The first kappa shape index (κ1) is 24.2. The van der Waals surface area contributed by atoms with Gasteiger partial charge in [0, 0.05) is 43.2 Å². The molecule has 1 aromatic heterocycles. The van der Waals surface area contributed by atoms with Crippen LogP contribution in [0.1, 0.15) is 21.0 Å². The average molecular weight is 516 g/mol. The number of halogens is 1. The molecule has 0 aliphatic heterocycles. The monoisotopic (exact) mass is 516 g/mol. The molecule has 0 unspecified atom stereocenters. The topological polar surface area (TPSA) is 67.8 Å². The normalized spacial score (nSPS) is 10.8. The van der Waals surface area contributed by atoms with Crippen molar-refractivity contribution in [1.29, 1.82) is 0 Å². The highest BCUT2D eigenvalue weighted by Crippen LogP contribution is 2.33. The summed E-state index contributed by atoms with van der Waals surface area (Å²) in [5, 5.41) is 7.79. The standard InChI is InChI=1S/C20H28N4O2S.HI/c1-6-7-16-10-15(11-17(25-4)19(16)26-5)13-24-20(21-3)22-9-8-18-23-12-14(2)27-18;/h6,10-12H,1,7-9,13H2,2-5H3,(H2,21,22,24);1H. The van der Waals surface area contributed by atoms with Crippen molar-refractivity contribution < 1.29 is 9.47 Å². The van der Waals surface area contributed by atoms with Crippen molar-refractivity contribution in [2.75, 3.05) is 27.8 Å². The summed E-state index contributed by atoms with van der Waals surface area (Å²) < 4.78 is 11.0. The molecule has 1 aromatic carbocycles. The molecule has 1 heterocycles. The fourth-order valence-corrected chi connectivity index (χ4v) is 3.51. The Morgan fingerprint density at radius 2 is 2.07 bits per heavy atom. The number of aliphatic imine (C=N–C) groups is 1. The van der Waals surface area contributed by atoms with E-state index in [-0.39, 0.29) is 24.0 Å². The second kappa shape index (κ2) is 12.6. The van der Waals surface area contributed by atoms with Gasteiger partial charge in [-0.1, -0.05) is 6.08 Å². The van der Waals surface area contributed by atoms with Gasteiger partial charge in [0.1, 0.15) is 0 Å². The average Bonchev–Trinajstić information content (AvgIpc) is 3.09.